The lowest BCUT2D eigenvalue weighted by Gasteiger charge is -2.27. The van der Waals surface area contributed by atoms with Crippen LogP contribution in [0.4, 0.5) is 0 Å². The monoisotopic (exact) mass is 146 g/mol. The third kappa shape index (κ3) is 0.769. The molecule has 4 nitrogen and oxygen atoms in total. The molecule has 0 saturated carbocycles. The number of rotatable bonds is 0. The quantitative estimate of drug-likeness (QED) is 0.437. The van der Waals surface area contributed by atoms with Crippen LogP contribution >= 0.6 is 0 Å². The van der Waals surface area contributed by atoms with Crippen molar-refractivity contribution in [3.63, 3.8) is 0 Å². The van der Waals surface area contributed by atoms with E-state index in [0.717, 1.165) is 0 Å². The van der Waals surface area contributed by atoms with E-state index in [-0.39, 0.29) is 12.7 Å². The Balaban J connectivity index is 2.13. The summed E-state index contributed by atoms with van der Waals surface area (Å²) in [5.74, 6) is 0. The van der Waals surface area contributed by atoms with E-state index in [1.165, 1.54) is 0 Å². The van der Waals surface area contributed by atoms with E-state index in [1.807, 2.05) is 0 Å². The Morgan fingerprint density at radius 3 is 2.60 bits per heavy atom. The molecule has 0 radical (unpaired) electrons. The first-order valence-electron chi connectivity index (χ1n) is 3.38. The molecule has 0 aromatic rings. The smallest absolute Gasteiger partial charge is 0.114 e. The fraction of sp³-hybridized carbons (Fsp3) is 1.00. The molecule has 2 saturated heterocycles. The lowest BCUT2D eigenvalue weighted by molar-refractivity contribution is -0.126. The summed E-state index contributed by atoms with van der Waals surface area (Å²) in [6.45, 7) is 0.690. The molecule has 0 aromatic heterocycles. The predicted molar refractivity (Wildman–Crippen MR) is 31.5 cm³/mol. The highest BCUT2D eigenvalue weighted by Gasteiger charge is 2.45. The molecule has 2 aliphatic heterocycles. The fourth-order valence-corrected chi connectivity index (χ4v) is 1.42. The first kappa shape index (κ1) is 6.54. The third-order valence-corrected chi connectivity index (χ3v) is 2.03. The van der Waals surface area contributed by atoms with Crippen molar-refractivity contribution in [1.82, 2.24) is 0 Å². The van der Waals surface area contributed by atoms with Crippen LogP contribution < -0.4 is 0 Å². The molecule has 2 bridgehead atoms. The molecule has 0 spiro atoms. The van der Waals surface area contributed by atoms with Gasteiger partial charge in [-0.2, -0.15) is 0 Å². The van der Waals surface area contributed by atoms with Crippen molar-refractivity contribution in [2.24, 2.45) is 0 Å². The molecule has 2 heterocycles. The molecular formula is C6H10O4. The minimum Gasteiger partial charge on any atom is -0.388 e. The largest absolute Gasteiger partial charge is 0.388 e. The van der Waals surface area contributed by atoms with Gasteiger partial charge in [-0.05, 0) is 0 Å². The summed E-state index contributed by atoms with van der Waals surface area (Å²) in [6, 6.07) is 0. The zero-order chi connectivity index (χ0) is 7.14. The molecule has 2 rings (SSSR count). The van der Waals surface area contributed by atoms with Crippen LogP contribution in [0.15, 0.2) is 0 Å². The fourth-order valence-electron chi connectivity index (χ4n) is 1.42. The van der Waals surface area contributed by atoms with Gasteiger partial charge in [-0.15, -0.1) is 0 Å². The maximum atomic E-state index is 9.27. The van der Waals surface area contributed by atoms with Crippen LogP contribution in [0.3, 0.4) is 0 Å². The van der Waals surface area contributed by atoms with Gasteiger partial charge in [0.15, 0.2) is 0 Å². The summed E-state index contributed by atoms with van der Waals surface area (Å²) in [7, 11) is 0. The summed E-state index contributed by atoms with van der Waals surface area (Å²) in [6.07, 6.45) is -1.93. The summed E-state index contributed by atoms with van der Waals surface area (Å²) in [5.41, 5.74) is 0. The van der Waals surface area contributed by atoms with E-state index in [4.69, 9.17) is 14.6 Å². The molecule has 2 N–H and O–H groups in total. The van der Waals surface area contributed by atoms with Gasteiger partial charge >= 0.3 is 0 Å². The first-order valence-corrected chi connectivity index (χ1v) is 3.38. The van der Waals surface area contributed by atoms with E-state index in [1.54, 1.807) is 0 Å². The van der Waals surface area contributed by atoms with Crippen LogP contribution in [-0.4, -0.2) is 47.8 Å². The van der Waals surface area contributed by atoms with Crippen LogP contribution in [0.2, 0.25) is 0 Å². The average molecular weight is 146 g/mol. The van der Waals surface area contributed by atoms with Crippen LogP contribution in [0, 0.1) is 0 Å². The van der Waals surface area contributed by atoms with E-state index < -0.39 is 18.3 Å². The SMILES string of the molecule is O[C@H]1[C@H]2OC[C@@H]1OC[C@H]2O. The molecule has 4 atom stereocenters. The van der Waals surface area contributed by atoms with Crippen molar-refractivity contribution < 1.29 is 19.7 Å². The van der Waals surface area contributed by atoms with Gasteiger partial charge in [-0.1, -0.05) is 0 Å². The Morgan fingerprint density at radius 1 is 1.10 bits per heavy atom. The van der Waals surface area contributed by atoms with Crippen molar-refractivity contribution in [2.45, 2.75) is 24.4 Å². The van der Waals surface area contributed by atoms with Crippen molar-refractivity contribution in [2.75, 3.05) is 13.2 Å². The molecule has 0 aliphatic carbocycles. The highest BCUT2D eigenvalue weighted by molar-refractivity contribution is 4.92. The Labute approximate surface area is 58.4 Å². The second kappa shape index (κ2) is 2.17. The van der Waals surface area contributed by atoms with Crippen LogP contribution in [0.1, 0.15) is 0 Å². The zero-order valence-corrected chi connectivity index (χ0v) is 5.43. The van der Waals surface area contributed by atoms with Crippen molar-refractivity contribution in [3.05, 3.63) is 0 Å². The summed E-state index contributed by atoms with van der Waals surface area (Å²) < 4.78 is 10.1. The molecule has 0 unspecified atom stereocenters. The van der Waals surface area contributed by atoms with Gasteiger partial charge in [-0.3, -0.25) is 0 Å². The zero-order valence-electron chi connectivity index (χ0n) is 5.43. The lowest BCUT2D eigenvalue weighted by atomic mass is 10.0. The predicted octanol–water partition coefficient (Wildman–Crippen LogP) is -1.49. The standard InChI is InChI=1S/C6H10O4/c7-3-1-9-4-2-10-6(3)5(4)8/h3-8H,1-2H2/t3-,4+,5-,6+/m1/s1. The van der Waals surface area contributed by atoms with Gasteiger partial charge in [0, 0.05) is 0 Å². The Hall–Kier alpha value is -0.160. The number of ether oxygens (including phenoxy) is 2. The number of hydrogen-bond donors (Lipinski definition) is 2. The van der Waals surface area contributed by atoms with E-state index >= 15 is 0 Å². The van der Waals surface area contributed by atoms with Crippen LogP contribution in [0.25, 0.3) is 0 Å². The minimum atomic E-state index is -0.659. The Bertz CT molecular complexity index is 138. The summed E-state index contributed by atoms with van der Waals surface area (Å²) in [5, 5.41) is 18.4. The van der Waals surface area contributed by atoms with Gasteiger partial charge < -0.3 is 19.7 Å². The molecule has 0 aromatic carbocycles. The van der Waals surface area contributed by atoms with Crippen LogP contribution in [0.5, 0.6) is 0 Å². The second-order valence-corrected chi connectivity index (χ2v) is 2.73. The van der Waals surface area contributed by atoms with Gasteiger partial charge in [0.25, 0.3) is 0 Å². The second-order valence-electron chi connectivity index (χ2n) is 2.73. The molecule has 2 aliphatic rings. The van der Waals surface area contributed by atoms with Gasteiger partial charge in [0.05, 0.1) is 13.2 Å². The molecule has 2 fully saturated rings. The van der Waals surface area contributed by atoms with E-state index in [9.17, 15) is 5.11 Å². The minimum absolute atomic E-state index is 0.214. The lowest BCUT2D eigenvalue weighted by Crippen LogP contribution is -2.47. The van der Waals surface area contributed by atoms with Crippen molar-refractivity contribution in [3.8, 4) is 0 Å². The molecular weight excluding hydrogens is 136 g/mol. The summed E-state index contributed by atoms with van der Waals surface area (Å²) in [4.78, 5) is 0. The molecule has 10 heavy (non-hydrogen) atoms. The normalized spacial score (nSPS) is 53.4. The molecule has 58 valence electrons. The Morgan fingerprint density at radius 2 is 1.90 bits per heavy atom. The van der Waals surface area contributed by atoms with Crippen molar-refractivity contribution in [1.29, 1.82) is 0 Å². The van der Waals surface area contributed by atoms with Crippen LogP contribution in [-0.2, 0) is 9.47 Å². The topological polar surface area (TPSA) is 58.9 Å². The third-order valence-electron chi connectivity index (χ3n) is 2.03. The van der Waals surface area contributed by atoms with E-state index in [2.05, 4.69) is 0 Å². The number of fused-ring (bicyclic) bond motifs is 2. The van der Waals surface area contributed by atoms with Crippen molar-refractivity contribution >= 4 is 0 Å². The van der Waals surface area contributed by atoms with Gasteiger partial charge in [0.2, 0.25) is 0 Å². The van der Waals surface area contributed by atoms with Gasteiger partial charge in [0.1, 0.15) is 24.4 Å². The number of hydrogen-bond acceptors (Lipinski definition) is 4. The average Bonchev–Trinajstić information content (AvgIpc) is 2.13. The highest BCUT2D eigenvalue weighted by Crippen LogP contribution is 2.25. The van der Waals surface area contributed by atoms with Gasteiger partial charge in [-0.25, -0.2) is 0 Å². The first-order chi connectivity index (χ1) is 4.79. The highest BCUT2D eigenvalue weighted by atomic mass is 16.6. The Kier molecular flexibility index (Phi) is 1.42. The maximum Gasteiger partial charge on any atom is 0.114 e. The maximum absolute atomic E-state index is 9.27. The number of aliphatic hydroxyl groups excluding tert-OH is 2. The molecule has 0 amide bonds. The van der Waals surface area contributed by atoms with E-state index in [0.29, 0.717) is 6.61 Å². The molecule has 4 heteroatoms. The summed E-state index contributed by atoms with van der Waals surface area (Å²) >= 11 is 0. The number of aliphatic hydroxyl groups is 2.